The summed E-state index contributed by atoms with van der Waals surface area (Å²) in [4.78, 5) is 2.77. The summed E-state index contributed by atoms with van der Waals surface area (Å²) in [7, 11) is 0. The topological polar surface area (TPSA) is 15.3 Å². The summed E-state index contributed by atoms with van der Waals surface area (Å²) in [6.07, 6.45) is 6.90. The van der Waals surface area contributed by atoms with Gasteiger partial charge in [-0.05, 0) is 52.1 Å². The van der Waals surface area contributed by atoms with E-state index in [1.165, 1.54) is 51.7 Å². The Morgan fingerprint density at radius 2 is 2.14 bits per heavy atom. The van der Waals surface area contributed by atoms with Gasteiger partial charge in [0.05, 0.1) is 0 Å². The van der Waals surface area contributed by atoms with Crippen LogP contribution in [0, 0.1) is 0 Å². The summed E-state index contributed by atoms with van der Waals surface area (Å²) in [5.41, 5.74) is 0.636. The molecule has 1 saturated heterocycles. The van der Waals surface area contributed by atoms with Crippen LogP contribution in [0.15, 0.2) is 0 Å². The molecule has 82 valence electrons. The van der Waals surface area contributed by atoms with Crippen LogP contribution >= 0.6 is 0 Å². The molecule has 0 amide bonds. The highest BCUT2D eigenvalue weighted by Crippen LogP contribution is 2.44. The lowest BCUT2D eigenvalue weighted by Crippen LogP contribution is -2.44. The zero-order valence-electron chi connectivity index (χ0n) is 9.68. The monoisotopic (exact) mass is 196 g/mol. The normalized spacial score (nSPS) is 33.4. The van der Waals surface area contributed by atoms with Gasteiger partial charge in [-0.3, -0.25) is 4.90 Å². The molecule has 1 heterocycles. The fraction of sp³-hybridized carbons (Fsp3) is 1.00. The van der Waals surface area contributed by atoms with Crippen LogP contribution in [0.1, 0.15) is 46.0 Å². The molecule has 1 unspecified atom stereocenters. The fourth-order valence-corrected chi connectivity index (χ4v) is 2.69. The van der Waals surface area contributed by atoms with Crippen molar-refractivity contribution in [3.05, 3.63) is 0 Å². The lowest BCUT2D eigenvalue weighted by atomic mass is 10.1. The van der Waals surface area contributed by atoms with Crippen LogP contribution in [-0.2, 0) is 0 Å². The van der Waals surface area contributed by atoms with Crippen molar-refractivity contribution >= 4 is 0 Å². The predicted molar refractivity (Wildman–Crippen MR) is 60.5 cm³/mol. The maximum Gasteiger partial charge on any atom is 0.0208 e. The van der Waals surface area contributed by atoms with Crippen molar-refractivity contribution in [1.29, 1.82) is 0 Å². The third kappa shape index (κ3) is 2.12. The number of hydrogen-bond acceptors (Lipinski definition) is 2. The van der Waals surface area contributed by atoms with Crippen LogP contribution in [0.5, 0.6) is 0 Å². The second kappa shape index (κ2) is 4.19. The second-order valence-corrected chi connectivity index (χ2v) is 5.06. The van der Waals surface area contributed by atoms with E-state index in [-0.39, 0.29) is 0 Å². The lowest BCUT2D eigenvalue weighted by Gasteiger charge is -2.34. The molecule has 2 aliphatic rings. The van der Waals surface area contributed by atoms with E-state index < -0.39 is 0 Å². The van der Waals surface area contributed by atoms with Crippen molar-refractivity contribution in [3.8, 4) is 0 Å². The van der Waals surface area contributed by atoms with Gasteiger partial charge >= 0.3 is 0 Å². The Kier molecular flexibility index (Phi) is 3.13. The van der Waals surface area contributed by atoms with Gasteiger partial charge in [0.2, 0.25) is 0 Å². The van der Waals surface area contributed by atoms with Gasteiger partial charge in [0, 0.05) is 18.1 Å². The molecule has 1 N–H and O–H groups in total. The van der Waals surface area contributed by atoms with Gasteiger partial charge in [0.25, 0.3) is 0 Å². The Hall–Kier alpha value is -0.0800. The molecule has 1 atom stereocenters. The van der Waals surface area contributed by atoms with Crippen LogP contribution < -0.4 is 5.32 Å². The van der Waals surface area contributed by atoms with Crippen molar-refractivity contribution in [2.45, 2.75) is 57.5 Å². The third-order valence-electron chi connectivity index (χ3n) is 4.09. The van der Waals surface area contributed by atoms with Crippen LogP contribution in [0.4, 0.5) is 0 Å². The number of rotatable bonds is 2. The minimum absolute atomic E-state index is 0.636. The van der Waals surface area contributed by atoms with Crippen LogP contribution in [-0.4, -0.2) is 36.1 Å². The average molecular weight is 196 g/mol. The molecule has 0 aromatic heterocycles. The Balaban J connectivity index is 1.90. The highest BCUT2D eigenvalue weighted by molar-refractivity contribution is 5.02. The van der Waals surface area contributed by atoms with Gasteiger partial charge in [0.1, 0.15) is 0 Å². The molecule has 1 aliphatic carbocycles. The lowest BCUT2D eigenvalue weighted by molar-refractivity contribution is 0.151. The Labute approximate surface area is 88.1 Å². The average Bonchev–Trinajstić information content (AvgIpc) is 2.93. The van der Waals surface area contributed by atoms with E-state index in [0.717, 1.165) is 0 Å². The molecule has 0 aromatic rings. The highest BCUT2D eigenvalue weighted by Gasteiger charge is 2.45. The number of hydrogen-bond donors (Lipinski definition) is 1. The number of nitrogens with one attached hydrogen (secondary N) is 1. The summed E-state index contributed by atoms with van der Waals surface area (Å²) >= 11 is 0. The summed E-state index contributed by atoms with van der Waals surface area (Å²) in [6, 6.07) is 0.713. The molecule has 2 heteroatoms. The second-order valence-electron chi connectivity index (χ2n) is 5.06. The molecule has 2 nitrogen and oxygen atoms in total. The van der Waals surface area contributed by atoms with E-state index in [9.17, 15) is 0 Å². The Bertz CT molecular complexity index is 187. The Morgan fingerprint density at radius 3 is 2.79 bits per heavy atom. The smallest absolute Gasteiger partial charge is 0.0208 e. The van der Waals surface area contributed by atoms with Crippen molar-refractivity contribution in [2.75, 3.05) is 19.6 Å². The van der Waals surface area contributed by atoms with Crippen LogP contribution in [0.3, 0.4) is 0 Å². The minimum atomic E-state index is 0.636. The molecule has 0 bridgehead atoms. The highest BCUT2D eigenvalue weighted by atomic mass is 15.2. The molecular weight excluding hydrogens is 172 g/mol. The van der Waals surface area contributed by atoms with Gasteiger partial charge in [-0.2, -0.15) is 0 Å². The first-order valence-corrected chi connectivity index (χ1v) is 6.25. The van der Waals surface area contributed by atoms with Crippen molar-refractivity contribution in [1.82, 2.24) is 10.2 Å². The van der Waals surface area contributed by atoms with Crippen molar-refractivity contribution in [3.63, 3.8) is 0 Å². The molecule has 1 saturated carbocycles. The molecule has 0 spiro atoms. The summed E-state index contributed by atoms with van der Waals surface area (Å²) in [6.45, 7) is 8.50. The number of nitrogens with zero attached hydrogens (tertiary/aromatic N) is 1. The molecule has 2 fully saturated rings. The van der Waals surface area contributed by atoms with Crippen LogP contribution in [0.25, 0.3) is 0 Å². The third-order valence-corrected chi connectivity index (χ3v) is 4.09. The molecule has 0 aromatic carbocycles. The van der Waals surface area contributed by atoms with Gasteiger partial charge in [0.15, 0.2) is 0 Å². The van der Waals surface area contributed by atoms with E-state index in [1.807, 2.05) is 0 Å². The van der Waals surface area contributed by atoms with Gasteiger partial charge < -0.3 is 5.32 Å². The van der Waals surface area contributed by atoms with E-state index in [0.29, 0.717) is 11.6 Å². The predicted octanol–water partition coefficient (Wildman–Crippen LogP) is 2.00. The largest absolute Gasteiger partial charge is 0.314 e. The van der Waals surface area contributed by atoms with Gasteiger partial charge in [-0.25, -0.2) is 0 Å². The first-order chi connectivity index (χ1) is 6.77. The fourth-order valence-electron chi connectivity index (χ4n) is 2.69. The molecule has 0 radical (unpaired) electrons. The first kappa shape index (κ1) is 10.4. The van der Waals surface area contributed by atoms with Gasteiger partial charge in [-0.1, -0.05) is 6.92 Å². The van der Waals surface area contributed by atoms with E-state index in [4.69, 9.17) is 0 Å². The van der Waals surface area contributed by atoms with E-state index in [2.05, 4.69) is 24.1 Å². The van der Waals surface area contributed by atoms with Crippen molar-refractivity contribution < 1.29 is 0 Å². The maximum atomic E-state index is 3.57. The van der Waals surface area contributed by atoms with Crippen LogP contribution in [0.2, 0.25) is 0 Å². The molecule has 1 aliphatic heterocycles. The maximum absolute atomic E-state index is 3.57. The van der Waals surface area contributed by atoms with Gasteiger partial charge in [-0.15, -0.1) is 0 Å². The summed E-state index contributed by atoms with van der Waals surface area (Å²) in [5.74, 6) is 0. The Morgan fingerprint density at radius 1 is 1.36 bits per heavy atom. The molecule has 14 heavy (non-hydrogen) atoms. The van der Waals surface area contributed by atoms with E-state index in [1.54, 1.807) is 0 Å². The minimum Gasteiger partial charge on any atom is -0.314 e. The quantitative estimate of drug-likeness (QED) is 0.727. The van der Waals surface area contributed by atoms with E-state index >= 15 is 0 Å². The molecule has 2 rings (SSSR count). The molecular formula is C12H24N2. The first-order valence-electron chi connectivity index (χ1n) is 6.25. The zero-order valence-corrected chi connectivity index (χ0v) is 9.68. The van der Waals surface area contributed by atoms with Crippen molar-refractivity contribution in [2.24, 2.45) is 0 Å². The summed E-state index contributed by atoms with van der Waals surface area (Å²) in [5, 5.41) is 3.57. The zero-order chi connectivity index (χ0) is 10.0. The SMILES string of the molecule is CCC1(N2CCCNC(C)CC2)CC1. The standard InChI is InChI=1S/C12H24N2/c1-3-12(6-7-12)14-9-4-8-13-11(2)5-10-14/h11,13H,3-10H2,1-2H3. The summed E-state index contributed by atoms with van der Waals surface area (Å²) < 4.78 is 0.